The molecule has 2 N–H and O–H groups in total. The summed E-state index contributed by atoms with van der Waals surface area (Å²) in [5.74, 6) is -0.226. The molecule has 0 bridgehead atoms. The van der Waals surface area contributed by atoms with E-state index >= 15 is 0 Å². The summed E-state index contributed by atoms with van der Waals surface area (Å²) < 4.78 is 13.2. The maximum atomic E-state index is 13.2. The Balaban J connectivity index is 1.68. The minimum absolute atomic E-state index is 0.0175. The SMILES string of the molecule is O=C(NC1CCc2cc(F)ccc21)N(CCO)C1CC1. The van der Waals surface area contributed by atoms with Gasteiger partial charge in [0.05, 0.1) is 12.6 Å². The molecule has 3 rings (SSSR count). The van der Waals surface area contributed by atoms with E-state index in [0.717, 1.165) is 36.8 Å². The molecule has 0 heterocycles. The molecule has 1 aromatic carbocycles. The predicted molar refractivity (Wildman–Crippen MR) is 72.8 cm³/mol. The number of aliphatic hydroxyl groups excluding tert-OH is 1. The van der Waals surface area contributed by atoms with Gasteiger partial charge in [-0.15, -0.1) is 0 Å². The van der Waals surface area contributed by atoms with Crippen molar-refractivity contribution in [1.82, 2.24) is 10.2 Å². The fraction of sp³-hybridized carbons (Fsp3) is 0.533. The molecule has 1 aromatic rings. The number of rotatable bonds is 4. The molecule has 0 saturated heterocycles. The Labute approximate surface area is 117 Å². The molecule has 108 valence electrons. The van der Waals surface area contributed by atoms with Crippen molar-refractivity contribution in [2.24, 2.45) is 0 Å². The number of hydrogen-bond donors (Lipinski definition) is 2. The van der Waals surface area contributed by atoms with Gasteiger partial charge in [0.15, 0.2) is 0 Å². The van der Waals surface area contributed by atoms with E-state index in [1.165, 1.54) is 6.07 Å². The van der Waals surface area contributed by atoms with Crippen molar-refractivity contribution in [3.05, 3.63) is 35.1 Å². The van der Waals surface area contributed by atoms with Crippen LogP contribution in [0.3, 0.4) is 0 Å². The van der Waals surface area contributed by atoms with Crippen LogP contribution >= 0.6 is 0 Å². The first-order chi connectivity index (χ1) is 9.69. The van der Waals surface area contributed by atoms with Crippen molar-refractivity contribution in [3.8, 4) is 0 Å². The van der Waals surface area contributed by atoms with Gasteiger partial charge in [0.25, 0.3) is 0 Å². The molecule has 2 amide bonds. The monoisotopic (exact) mass is 278 g/mol. The molecule has 2 aliphatic rings. The van der Waals surface area contributed by atoms with Gasteiger partial charge in [-0.3, -0.25) is 0 Å². The van der Waals surface area contributed by atoms with Crippen molar-refractivity contribution >= 4 is 6.03 Å². The van der Waals surface area contributed by atoms with Crippen molar-refractivity contribution in [2.75, 3.05) is 13.2 Å². The lowest BCUT2D eigenvalue weighted by molar-refractivity contribution is 0.170. The Morgan fingerprint density at radius 2 is 2.20 bits per heavy atom. The molecule has 2 aliphatic carbocycles. The fourth-order valence-electron chi connectivity index (χ4n) is 2.91. The van der Waals surface area contributed by atoms with Gasteiger partial charge >= 0.3 is 6.03 Å². The normalized spacial score (nSPS) is 20.6. The van der Waals surface area contributed by atoms with Crippen LogP contribution in [0.25, 0.3) is 0 Å². The van der Waals surface area contributed by atoms with Gasteiger partial charge in [-0.1, -0.05) is 6.07 Å². The molecule has 20 heavy (non-hydrogen) atoms. The van der Waals surface area contributed by atoms with Crippen molar-refractivity contribution in [1.29, 1.82) is 0 Å². The largest absolute Gasteiger partial charge is 0.395 e. The van der Waals surface area contributed by atoms with E-state index < -0.39 is 0 Å². The minimum Gasteiger partial charge on any atom is -0.395 e. The number of carbonyl (C=O) groups excluding carboxylic acids is 1. The van der Waals surface area contributed by atoms with E-state index in [9.17, 15) is 9.18 Å². The number of urea groups is 1. The van der Waals surface area contributed by atoms with Crippen LogP contribution in [-0.4, -0.2) is 35.2 Å². The Kier molecular flexibility index (Phi) is 3.61. The number of hydrogen-bond acceptors (Lipinski definition) is 2. The highest BCUT2D eigenvalue weighted by Crippen LogP contribution is 2.32. The van der Waals surface area contributed by atoms with Gasteiger partial charge in [-0.25, -0.2) is 9.18 Å². The summed E-state index contributed by atoms with van der Waals surface area (Å²) in [6.45, 7) is 0.357. The zero-order valence-corrected chi connectivity index (χ0v) is 11.3. The quantitative estimate of drug-likeness (QED) is 0.885. The third kappa shape index (κ3) is 2.63. The second-order valence-electron chi connectivity index (χ2n) is 5.53. The predicted octanol–water partition coefficient (Wildman–Crippen LogP) is 1.98. The first-order valence-electron chi connectivity index (χ1n) is 7.15. The van der Waals surface area contributed by atoms with Crippen LogP contribution in [-0.2, 0) is 6.42 Å². The Bertz CT molecular complexity index is 517. The van der Waals surface area contributed by atoms with E-state index in [1.54, 1.807) is 17.0 Å². The third-order valence-corrected chi connectivity index (χ3v) is 4.07. The number of nitrogens with one attached hydrogen (secondary N) is 1. The lowest BCUT2D eigenvalue weighted by Gasteiger charge is -2.24. The van der Waals surface area contributed by atoms with Crippen LogP contribution in [0, 0.1) is 5.82 Å². The van der Waals surface area contributed by atoms with Gasteiger partial charge in [0.1, 0.15) is 5.82 Å². The van der Waals surface area contributed by atoms with Crippen LogP contribution in [0.4, 0.5) is 9.18 Å². The average Bonchev–Trinajstić information content (AvgIpc) is 3.19. The lowest BCUT2D eigenvalue weighted by Crippen LogP contribution is -2.43. The molecule has 4 nitrogen and oxygen atoms in total. The summed E-state index contributed by atoms with van der Waals surface area (Å²) in [6, 6.07) is 4.86. The topological polar surface area (TPSA) is 52.6 Å². The van der Waals surface area contributed by atoms with Gasteiger partial charge in [0, 0.05) is 12.6 Å². The minimum atomic E-state index is -0.226. The van der Waals surface area contributed by atoms with E-state index in [4.69, 9.17) is 5.11 Å². The molecule has 1 atom stereocenters. The zero-order chi connectivity index (χ0) is 14.1. The number of benzene rings is 1. The summed E-state index contributed by atoms with van der Waals surface area (Å²) in [5.41, 5.74) is 2.00. The summed E-state index contributed by atoms with van der Waals surface area (Å²) >= 11 is 0. The summed E-state index contributed by atoms with van der Waals surface area (Å²) in [7, 11) is 0. The second-order valence-corrected chi connectivity index (χ2v) is 5.53. The van der Waals surface area contributed by atoms with E-state index in [0.29, 0.717) is 6.54 Å². The van der Waals surface area contributed by atoms with Crippen molar-refractivity contribution < 1.29 is 14.3 Å². The summed E-state index contributed by atoms with van der Waals surface area (Å²) in [5, 5.41) is 12.1. The van der Waals surface area contributed by atoms with E-state index in [1.807, 2.05) is 0 Å². The number of carbonyl (C=O) groups is 1. The van der Waals surface area contributed by atoms with E-state index in [2.05, 4.69) is 5.32 Å². The highest BCUT2D eigenvalue weighted by atomic mass is 19.1. The molecule has 0 aromatic heterocycles. The van der Waals surface area contributed by atoms with Crippen LogP contribution in [0.1, 0.15) is 36.4 Å². The van der Waals surface area contributed by atoms with Gasteiger partial charge in [-0.05, 0) is 48.9 Å². The Morgan fingerprint density at radius 1 is 1.40 bits per heavy atom. The number of nitrogens with zero attached hydrogens (tertiary/aromatic N) is 1. The standard InChI is InChI=1S/C15H19FN2O2/c16-11-2-5-13-10(9-11)1-6-14(13)17-15(20)18(7-8-19)12-3-4-12/h2,5,9,12,14,19H,1,3-4,6-8H2,(H,17,20). The lowest BCUT2D eigenvalue weighted by atomic mass is 10.1. The maximum Gasteiger partial charge on any atom is 0.318 e. The van der Waals surface area contributed by atoms with E-state index in [-0.39, 0.29) is 30.5 Å². The summed E-state index contributed by atoms with van der Waals surface area (Å²) in [4.78, 5) is 14.0. The van der Waals surface area contributed by atoms with Crippen LogP contribution < -0.4 is 5.32 Å². The highest BCUT2D eigenvalue weighted by molar-refractivity contribution is 5.75. The number of amides is 2. The third-order valence-electron chi connectivity index (χ3n) is 4.07. The molecular formula is C15H19FN2O2. The molecule has 0 radical (unpaired) electrons. The number of halogens is 1. The Hall–Kier alpha value is -1.62. The molecule has 0 spiro atoms. The molecule has 1 fully saturated rings. The average molecular weight is 278 g/mol. The smallest absolute Gasteiger partial charge is 0.318 e. The maximum absolute atomic E-state index is 13.2. The number of aryl methyl sites for hydroxylation is 1. The zero-order valence-electron chi connectivity index (χ0n) is 11.3. The van der Waals surface area contributed by atoms with Crippen LogP contribution in [0.15, 0.2) is 18.2 Å². The van der Waals surface area contributed by atoms with Gasteiger partial charge in [0.2, 0.25) is 0 Å². The highest BCUT2D eigenvalue weighted by Gasteiger charge is 2.34. The molecule has 1 unspecified atom stereocenters. The number of fused-ring (bicyclic) bond motifs is 1. The first kappa shape index (κ1) is 13.4. The summed E-state index contributed by atoms with van der Waals surface area (Å²) in [6.07, 6.45) is 3.63. The van der Waals surface area contributed by atoms with Gasteiger partial charge < -0.3 is 15.3 Å². The molecule has 0 aliphatic heterocycles. The molecular weight excluding hydrogens is 259 g/mol. The molecule has 1 saturated carbocycles. The van der Waals surface area contributed by atoms with Gasteiger partial charge in [-0.2, -0.15) is 0 Å². The van der Waals surface area contributed by atoms with Crippen LogP contribution in [0.5, 0.6) is 0 Å². The first-order valence-corrected chi connectivity index (χ1v) is 7.15. The van der Waals surface area contributed by atoms with Crippen molar-refractivity contribution in [3.63, 3.8) is 0 Å². The Morgan fingerprint density at radius 3 is 2.90 bits per heavy atom. The van der Waals surface area contributed by atoms with Crippen molar-refractivity contribution in [2.45, 2.75) is 37.8 Å². The molecule has 5 heteroatoms. The number of aliphatic hydroxyl groups is 1. The second kappa shape index (κ2) is 5.40. The van der Waals surface area contributed by atoms with Crippen LogP contribution in [0.2, 0.25) is 0 Å². The fourth-order valence-corrected chi connectivity index (χ4v) is 2.91.